The van der Waals surface area contributed by atoms with Gasteiger partial charge in [-0.3, -0.25) is 9.36 Å². The molecule has 1 unspecified atom stereocenters. The minimum atomic E-state index is -0.119. The Morgan fingerprint density at radius 2 is 2.21 bits per heavy atom. The Labute approximate surface area is 120 Å². The van der Waals surface area contributed by atoms with Crippen LogP contribution >= 0.6 is 23.2 Å². The van der Waals surface area contributed by atoms with Crippen LogP contribution in [0.5, 0.6) is 0 Å². The Hall–Kier alpha value is -1.10. The Balaban J connectivity index is 2.22. The number of para-hydroxylation sites is 1. The smallest absolute Gasteiger partial charge is 0.262 e. The van der Waals surface area contributed by atoms with Crippen LogP contribution < -0.4 is 10.9 Å². The van der Waals surface area contributed by atoms with Crippen molar-refractivity contribution < 1.29 is 0 Å². The molecule has 1 saturated heterocycles. The number of nitrogens with zero attached hydrogens (tertiary/aromatic N) is 2. The first-order chi connectivity index (χ1) is 9.18. The molecule has 1 N–H and O–H groups in total. The molecule has 3 rings (SSSR count). The third kappa shape index (κ3) is 2.24. The second-order valence-electron chi connectivity index (χ2n) is 4.69. The molecule has 2 heterocycles. The molecular weight excluding hydrogens is 285 g/mol. The molecule has 1 fully saturated rings. The quantitative estimate of drug-likeness (QED) is 0.823. The van der Waals surface area contributed by atoms with E-state index in [0.29, 0.717) is 15.9 Å². The number of benzene rings is 1. The zero-order valence-corrected chi connectivity index (χ0v) is 11.7. The topological polar surface area (TPSA) is 46.9 Å². The average Bonchev–Trinajstić information content (AvgIpc) is 2.41. The molecule has 0 spiro atoms. The molecule has 0 radical (unpaired) electrons. The van der Waals surface area contributed by atoms with Gasteiger partial charge in [-0.15, -0.1) is 0 Å². The largest absolute Gasteiger partial charge is 0.315 e. The molecule has 1 aliphatic heterocycles. The maximum absolute atomic E-state index is 12.6. The average molecular weight is 298 g/mol. The number of hydrogen-bond acceptors (Lipinski definition) is 3. The summed E-state index contributed by atoms with van der Waals surface area (Å²) in [6.07, 6.45) is 1.96. The Morgan fingerprint density at radius 1 is 1.37 bits per heavy atom. The van der Waals surface area contributed by atoms with Gasteiger partial charge in [0.05, 0.1) is 22.0 Å². The summed E-state index contributed by atoms with van der Waals surface area (Å²) in [6.45, 7) is 1.73. The molecule has 100 valence electrons. The third-order valence-corrected chi connectivity index (χ3v) is 4.05. The van der Waals surface area contributed by atoms with Crippen LogP contribution in [-0.2, 0) is 0 Å². The van der Waals surface area contributed by atoms with E-state index in [1.165, 1.54) is 0 Å². The minimum Gasteiger partial charge on any atom is -0.315 e. The highest BCUT2D eigenvalue weighted by Gasteiger charge is 2.21. The fraction of sp³-hybridized carbons (Fsp3) is 0.385. The van der Waals surface area contributed by atoms with Gasteiger partial charge in [0.15, 0.2) is 0 Å². The van der Waals surface area contributed by atoms with Crippen molar-refractivity contribution in [2.75, 3.05) is 13.1 Å². The van der Waals surface area contributed by atoms with Crippen LogP contribution in [0.4, 0.5) is 0 Å². The van der Waals surface area contributed by atoms with Crippen molar-refractivity contribution in [3.63, 3.8) is 0 Å². The van der Waals surface area contributed by atoms with Crippen LogP contribution in [0.3, 0.4) is 0 Å². The van der Waals surface area contributed by atoms with Gasteiger partial charge in [0.2, 0.25) is 5.28 Å². The molecule has 19 heavy (non-hydrogen) atoms. The van der Waals surface area contributed by atoms with Gasteiger partial charge in [0.25, 0.3) is 5.56 Å². The fourth-order valence-corrected chi connectivity index (χ4v) is 3.05. The number of hydrogen-bond donors (Lipinski definition) is 1. The van der Waals surface area contributed by atoms with Crippen LogP contribution in [0, 0.1) is 0 Å². The maximum Gasteiger partial charge on any atom is 0.262 e. The Kier molecular flexibility index (Phi) is 3.48. The van der Waals surface area contributed by atoms with E-state index in [4.69, 9.17) is 23.2 Å². The fourth-order valence-electron chi connectivity index (χ4n) is 2.53. The number of halogens is 2. The van der Waals surface area contributed by atoms with Crippen molar-refractivity contribution in [3.05, 3.63) is 38.9 Å². The van der Waals surface area contributed by atoms with Crippen LogP contribution in [0.15, 0.2) is 23.0 Å². The number of fused-ring (bicyclic) bond motifs is 1. The van der Waals surface area contributed by atoms with Crippen molar-refractivity contribution in [3.8, 4) is 0 Å². The molecule has 1 aromatic heterocycles. The molecule has 4 nitrogen and oxygen atoms in total. The van der Waals surface area contributed by atoms with Crippen molar-refractivity contribution in [2.24, 2.45) is 0 Å². The van der Waals surface area contributed by atoms with Crippen LogP contribution in [-0.4, -0.2) is 22.6 Å². The normalized spacial score (nSPS) is 19.8. The van der Waals surface area contributed by atoms with E-state index in [9.17, 15) is 4.79 Å². The highest BCUT2D eigenvalue weighted by atomic mass is 35.5. The number of nitrogens with one attached hydrogen (secondary N) is 1. The molecule has 1 aliphatic rings. The van der Waals surface area contributed by atoms with E-state index in [1.54, 1.807) is 22.8 Å². The monoisotopic (exact) mass is 297 g/mol. The summed E-state index contributed by atoms with van der Waals surface area (Å²) in [4.78, 5) is 16.8. The highest BCUT2D eigenvalue weighted by molar-refractivity contribution is 6.35. The SMILES string of the molecule is O=c1c2cccc(Cl)c2nc(Cl)n1C1CCCNC1. The summed E-state index contributed by atoms with van der Waals surface area (Å²) in [7, 11) is 0. The lowest BCUT2D eigenvalue weighted by molar-refractivity contribution is 0.363. The summed E-state index contributed by atoms with van der Waals surface area (Å²) >= 11 is 12.2. The maximum atomic E-state index is 12.6. The second kappa shape index (κ2) is 5.12. The van der Waals surface area contributed by atoms with Gasteiger partial charge in [0.1, 0.15) is 0 Å². The van der Waals surface area contributed by atoms with Crippen LogP contribution in [0.2, 0.25) is 10.3 Å². The van der Waals surface area contributed by atoms with Crippen molar-refractivity contribution in [2.45, 2.75) is 18.9 Å². The summed E-state index contributed by atoms with van der Waals surface area (Å²) in [6, 6.07) is 5.26. The summed E-state index contributed by atoms with van der Waals surface area (Å²) in [5, 5.41) is 4.45. The zero-order chi connectivity index (χ0) is 13.4. The van der Waals surface area contributed by atoms with Gasteiger partial charge in [-0.05, 0) is 43.1 Å². The number of rotatable bonds is 1. The zero-order valence-electron chi connectivity index (χ0n) is 10.2. The summed E-state index contributed by atoms with van der Waals surface area (Å²) < 4.78 is 1.58. The van der Waals surface area contributed by atoms with Crippen LogP contribution in [0.1, 0.15) is 18.9 Å². The van der Waals surface area contributed by atoms with E-state index >= 15 is 0 Å². The van der Waals surface area contributed by atoms with Crippen molar-refractivity contribution >= 4 is 34.1 Å². The molecule has 1 aromatic carbocycles. The second-order valence-corrected chi connectivity index (χ2v) is 5.44. The summed E-state index contributed by atoms with van der Waals surface area (Å²) in [5.74, 6) is 0. The molecule has 0 aliphatic carbocycles. The first kappa shape index (κ1) is 12.9. The standard InChI is InChI=1S/C13H13Cl2N3O/c14-10-5-1-4-9-11(10)17-13(15)18(12(9)19)8-3-2-6-16-7-8/h1,4-5,8,16H,2-3,6-7H2. The molecule has 2 aromatic rings. The van der Waals surface area contributed by atoms with Gasteiger partial charge in [-0.25, -0.2) is 4.98 Å². The summed E-state index contributed by atoms with van der Waals surface area (Å²) in [5.41, 5.74) is 0.352. The highest BCUT2D eigenvalue weighted by Crippen LogP contribution is 2.24. The van der Waals surface area contributed by atoms with E-state index in [-0.39, 0.29) is 16.9 Å². The van der Waals surface area contributed by atoms with E-state index in [1.807, 2.05) is 0 Å². The van der Waals surface area contributed by atoms with Gasteiger partial charge in [-0.2, -0.15) is 0 Å². The lowest BCUT2D eigenvalue weighted by atomic mass is 10.1. The van der Waals surface area contributed by atoms with Gasteiger partial charge in [-0.1, -0.05) is 17.7 Å². The lowest BCUT2D eigenvalue weighted by Gasteiger charge is -2.25. The predicted molar refractivity (Wildman–Crippen MR) is 77.2 cm³/mol. The Morgan fingerprint density at radius 3 is 2.95 bits per heavy atom. The molecule has 0 bridgehead atoms. The first-order valence-corrected chi connectivity index (χ1v) is 7.01. The molecule has 0 amide bonds. The predicted octanol–water partition coefficient (Wildman–Crippen LogP) is 2.63. The van der Waals surface area contributed by atoms with Gasteiger partial charge < -0.3 is 5.32 Å². The van der Waals surface area contributed by atoms with E-state index in [0.717, 1.165) is 25.9 Å². The number of aromatic nitrogens is 2. The third-order valence-electron chi connectivity index (χ3n) is 3.47. The molecule has 1 atom stereocenters. The molecule has 0 saturated carbocycles. The lowest BCUT2D eigenvalue weighted by Crippen LogP contribution is -2.37. The van der Waals surface area contributed by atoms with E-state index in [2.05, 4.69) is 10.3 Å². The van der Waals surface area contributed by atoms with Crippen molar-refractivity contribution in [1.82, 2.24) is 14.9 Å². The van der Waals surface area contributed by atoms with Gasteiger partial charge >= 0.3 is 0 Å². The van der Waals surface area contributed by atoms with Gasteiger partial charge in [0, 0.05) is 6.54 Å². The number of piperidine rings is 1. The Bertz CT molecular complexity index is 677. The molecular formula is C13H13Cl2N3O. The van der Waals surface area contributed by atoms with Crippen LogP contribution in [0.25, 0.3) is 10.9 Å². The molecule has 6 heteroatoms. The van der Waals surface area contributed by atoms with Crippen molar-refractivity contribution in [1.29, 1.82) is 0 Å². The first-order valence-electron chi connectivity index (χ1n) is 6.25. The van der Waals surface area contributed by atoms with E-state index < -0.39 is 0 Å². The minimum absolute atomic E-state index is 0.0598.